The van der Waals surface area contributed by atoms with Crippen LogP contribution < -0.4 is 19.5 Å². The number of nitrogens with one attached hydrogen (secondary N) is 1. The number of hydrogen-bond acceptors (Lipinski definition) is 8. The molecule has 0 bridgehead atoms. The molecular formula is C33H32BrNO7. The molecule has 0 aromatic heterocycles. The molecule has 1 aliphatic carbocycles. The minimum atomic E-state index is -0.728. The monoisotopic (exact) mass is 633 g/mol. The number of carbonyl (C=O) groups excluding carboxylic acids is 2. The largest absolute Gasteiger partial charge is 0.503 e. The second-order valence-corrected chi connectivity index (χ2v) is 11.1. The van der Waals surface area contributed by atoms with Crippen molar-refractivity contribution in [3.63, 3.8) is 0 Å². The van der Waals surface area contributed by atoms with Crippen molar-refractivity contribution in [3.05, 3.63) is 104 Å². The molecule has 9 heteroatoms. The Morgan fingerprint density at radius 1 is 0.929 bits per heavy atom. The van der Waals surface area contributed by atoms with Gasteiger partial charge in [0, 0.05) is 29.3 Å². The van der Waals surface area contributed by atoms with Gasteiger partial charge in [0.1, 0.15) is 6.61 Å². The highest BCUT2D eigenvalue weighted by molar-refractivity contribution is 9.10. The van der Waals surface area contributed by atoms with Gasteiger partial charge in [-0.25, -0.2) is 4.79 Å². The van der Waals surface area contributed by atoms with Crippen molar-refractivity contribution in [1.82, 2.24) is 5.32 Å². The van der Waals surface area contributed by atoms with E-state index in [0.29, 0.717) is 44.8 Å². The molecule has 3 aromatic rings. The van der Waals surface area contributed by atoms with Crippen molar-refractivity contribution in [2.75, 3.05) is 21.3 Å². The molecule has 0 saturated carbocycles. The average molecular weight is 635 g/mol. The molecule has 8 nitrogen and oxygen atoms in total. The Balaban J connectivity index is 1.56. The summed E-state index contributed by atoms with van der Waals surface area (Å²) in [5.74, 6) is -0.0848. The summed E-state index contributed by atoms with van der Waals surface area (Å²) < 4.78 is 22.4. The van der Waals surface area contributed by atoms with Gasteiger partial charge in [0.15, 0.2) is 28.8 Å². The zero-order valence-corrected chi connectivity index (χ0v) is 25.4. The van der Waals surface area contributed by atoms with Crippen molar-refractivity contribution in [3.8, 4) is 23.0 Å². The van der Waals surface area contributed by atoms with E-state index >= 15 is 0 Å². The van der Waals surface area contributed by atoms with Crippen LogP contribution in [0.4, 0.5) is 0 Å². The summed E-state index contributed by atoms with van der Waals surface area (Å²) in [6.45, 7) is 1.90. The number of hydrogen-bond donors (Lipinski definition) is 2. The molecule has 1 heterocycles. The summed E-state index contributed by atoms with van der Waals surface area (Å²) in [5.41, 5.74) is 4.61. The molecule has 0 saturated heterocycles. The zero-order valence-electron chi connectivity index (χ0n) is 23.8. The molecule has 3 aromatic carbocycles. The Labute approximate surface area is 253 Å². The summed E-state index contributed by atoms with van der Waals surface area (Å²) >= 11 is 3.41. The maximum absolute atomic E-state index is 14.0. The van der Waals surface area contributed by atoms with Crippen LogP contribution in [0, 0.1) is 0 Å². The highest BCUT2D eigenvalue weighted by atomic mass is 79.9. The Morgan fingerprint density at radius 3 is 2.31 bits per heavy atom. The number of methoxy groups -OCH3 is 3. The van der Waals surface area contributed by atoms with Crippen molar-refractivity contribution in [1.29, 1.82) is 0 Å². The van der Waals surface area contributed by atoms with E-state index in [0.717, 1.165) is 16.8 Å². The van der Waals surface area contributed by atoms with Gasteiger partial charge in [-0.15, -0.1) is 0 Å². The van der Waals surface area contributed by atoms with E-state index in [9.17, 15) is 14.7 Å². The van der Waals surface area contributed by atoms with Gasteiger partial charge in [0.25, 0.3) is 0 Å². The van der Waals surface area contributed by atoms with Gasteiger partial charge >= 0.3 is 5.97 Å². The standard InChI is InChI=1S/C33H32BrNO7/c1-18-29(33(38)42-17-19-8-6-5-7-9-19)30(22-12-23(34)32(37)28(16-22)41-4)31-24(35-18)13-21(14-25(31)36)20-10-11-26(39-2)27(15-20)40-3/h5-12,15-16,21,30,35,37H,13-14,17H2,1-4H3/t21-,30-/m1/s1. The molecule has 0 unspecified atom stereocenters. The number of allylic oxidation sites excluding steroid dienone is 3. The van der Waals surface area contributed by atoms with E-state index < -0.39 is 11.9 Å². The Bertz CT molecular complexity index is 1600. The van der Waals surface area contributed by atoms with Crippen LogP contribution in [-0.4, -0.2) is 38.2 Å². The summed E-state index contributed by atoms with van der Waals surface area (Å²) in [5, 5.41) is 13.9. The SMILES string of the molecule is COc1ccc([C@H]2CC(=O)C3=C(C2)NC(C)=C(C(=O)OCc2ccccc2)[C@H]3c2cc(Br)c(O)c(OC)c2)cc1OC. The Kier molecular flexibility index (Phi) is 8.59. The molecule has 42 heavy (non-hydrogen) atoms. The third-order valence-corrected chi connectivity index (χ3v) is 8.35. The summed E-state index contributed by atoms with van der Waals surface area (Å²) in [4.78, 5) is 27.7. The lowest BCUT2D eigenvalue weighted by Gasteiger charge is -2.37. The Hall–Kier alpha value is -4.24. The predicted octanol–water partition coefficient (Wildman–Crippen LogP) is 6.29. The molecule has 5 rings (SSSR count). The maximum Gasteiger partial charge on any atom is 0.337 e. The first-order valence-corrected chi connectivity index (χ1v) is 14.3. The average Bonchev–Trinajstić information content (AvgIpc) is 3.00. The van der Waals surface area contributed by atoms with Crippen LogP contribution in [0.15, 0.2) is 87.7 Å². The van der Waals surface area contributed by atoms with Crippen LogP contribution in [0.1, 0.15) is 48.3 Å². The van der Waals surface area contributed by atoms with Crippen LogP contribution in [0.5, 0.6) is 23.0 Å². The number of rotatable bonds is 8. The fourth-order valence-corrected chi connectivity index (χ4v) is 6.16. The minimum absolute atomic E-state index is 0.0678. The van der Waals surface area contributed by atoms with Gasteiger partial charge < -0.3 is 29.4 Å². The molecule has 0 spiro atoms. The van der Waals surface area contributed by atoms with E-state index in [2.05, 4.69) is 21.2 Å². The number of Topliss-reactive ketones (excluding diaryl/α,β-unsaturated/α-hetero) is 1. The molecule has 0 fully saturated rings. The minimum Gasteiger partial charge on any atom is -0.503 e. The third-order valence-electron chi connectivity index (χ3n) is 7.74. The second-order valence-electron chi connectivity index (χ2n) is 10.2. The van der Waals surface area contributed by atoms with Crippen LogP contribution in [-0.2, 0) is 20.9 Å². The number of phenols is 1. The lowest BCUT2D eigenvalue weighted by atomic mass is 9.71. The number of ether oxygens (including phenoxy) is 4. The van der Waals surface area contributed by atoms with E-state index in [4.69, 9.17) is 18.9 Å². The number of benzene rings is 3. The van der Waals surface area contributed by atoms with Gasteiger partial charge in [0.2, 0.25) is 0 Å². The fourth-order valence-electron chi connectivity index (χ4n) is 5.70. The number of phenolic OH excluding ortho intramolecular Hbond substituents is 1. The molecule has 0 radical (unpaired) electrons. The van der Waals surface area contributed by atoms with Crippen LogP contribution in [0.3, 0.4) is 0 Å². The molecular weight excluding hydrogens is 602 g/mol. The van der Waals surface area contributed by atoms with Crippen molar-refractivity contribution in [2.24, 2.45) is 0 Å². The normalized spacial score (nSPS) is 18.3. The maximum atomic E-state index is 14.0. The fraction of sp³-hybridized carbons (Fsp3) is 0.273. The summed E-state index contributed by atoms with van der Waals surface area (Å²) in [7, 11) is 4.62. The topological polar surface area (TPSA) is 103 Å². The summed E-state index contributed by atoms with van der Waals surface area (Å²) in [6, 6.07) is 18.5. The molecule has 2 N–H and O–H groups in total. The number of esters is 1. The zero-order chi connectivity index (χ0) is 30.0. The molecule has 2 aliphatic rings. The first kappa shape index (κ1) is 29.3. The molecule has 218 valence electrons. The quantitative estimate of drug-likeness (QED) is 0.279. The van der Waals surface area contributed by atoms with Gasteiger partial charge in [-0.3, -0.25) is 4.79 Å². The van der Waals surface area contributed by atoms with E-state index in [-0.39, 0.29) is 36.2 Å². The molecule has 1 aliphatic heterocycles. The van der Waals surface area contributed by atoms with Crippen molar-refractivity contribution >= 4 is 27.7 Å². The van der Waals surface area contributed by atoms with Crippen LogP contribution in [0.2, 0.25) is 0 Å². The van der Waals surface area contributed by atoms with Crippen molar-refractivity contribution in [2.45, 2.75) is 38.2 Å². The Morgan fingerprint density at radius 2 is 1.62 bits per heavy atom. The van der Waals surface area contributed by atoms with E-state index in [1.807, 2.05) is 55.5 Å². The molecule has 0 amide bonds. The number of halogens is 1. The lowest BCUT2D eigenvalue weighted by molar-refractivity contribution is -0.140. The van der Waals surface area contributed by atoms with Gasteiger partial charge in [0.05, 0.1) is 31.4 Å². The first-order valence-electron chi connectivity index (χ1n) is 13.5. The van der Waals surface area contributed by atoms with Crippen molar-refractivity contribution < 1.29 is 33.6 Å². The van der Waals surface area contributed by atoms with E-state index in [1.54, 1.807) is 26.4 Å². The lowest BCUT2D eigenvalue weighted by Crippen LogP contribution is -2.36. The number of ketones is 1. The number of aromatic hydroxyl groups is 1. The van der Waals surface area contributed by atoms with E-state index in [1.165, 1.54) is 7.11 Å². The second kappa shape index (κ2) is 12.3. The number of carbonyl (C=O) groups is 2. The predicted molar refractivity (Wildman–Crippen MR) is 161 cm³/mol. The highest BCUT2D eigenvalue weighted by Crippen LogP contribution is 2.48. The van der Waals surface area contributed by atoms with Gasteiger partial charge in [-0.2, -0.15) is 0 Å². The first-order chi connectivity index (χ1) is 20.2. The van der Waals surface area contributed by atoms with Gasteiger partial charge in [-0.1, -0.05) is 36.4 Å². The van der Waals surface area contributed by atoms with Crippen LogP contribution in [0.25, 0.3) is 0 Å². The molecule has 2 atom stereocenters. The number of dihydropyridines is 1. The third kappa shape index (κ3) is 5.61. The smallest absolute Gasteiger partial charge is 0.337 e. The highest BCUT2D eigenvalue weighted by Gasteiger charge is 2.42. The van der Waals surface area contributed by atoms with Crippen LogP contribution >= 0.6 is 15.9 Å². The summed E-state index contributed by atoms with van der Waals surface area (Å²) in [6.07, 6.45) is 0.793. The van der Waals surface area contributed by atoms with Gasteiger partial charge in [-0.05, 0) is 76.1 Å².